The highest BCUT2D eigenvalue weighted by Gasteiger charge is 2.24. The Morgan fingerprint density at radius 2 is 1.95 bits per heavy atom. The van der Waals surface area contributed by atoms with Crippen LogP contribution in [0.2, 0.25) is 0 Å². The van der Waals surface area contributed by atoms with E-state index in [4.69, 9.17) is 4.74 Å². The second-order valence-electron chi connectivity index (χ2n) is 4.56. The molecule has 0 radical (unpaired) electrons. The van der Waals surface area contributed by atoms with Crippen LogP contribution >= 0.6 is 0 Å². The molecule has 2 aromatic rings. The Balaban J connectivity index is 2.44. The van der Waals surface area contributed by atoms with Gasteiger partial charge in [-0.2, -0.15) is 0 Å². The lowest BCUT2D eigenvalue weighted by Crippen LogP contribution is -2.08. The number of benzene rings is 2. The highest BCUT2D eigenvalue weighted by molar-refractivity contribution is 5.90. The van der Waals surface area contributed by atoms with Crippen molar-refractivity contribution in [3.63, 3.8) is 0 Å². The summed E-state index contributed by atoms with van der Waals surface area (Å²) in [4.78, 5) is 22.3. The second kappa shape index (κ2) is 6.82. The molecule has 114 valence electrons. The van der Waals surface area contributed by atoms with Crippen LogP contribution in [0, 0.1) is 10.1 Å². The predicted molar refractivity (Wildman–Crippen MR) is 79.6 cm³/mol. The molecule has 6 heteroatoms. The number of carbonyl (C=O) groups excluding carboxylic acids is 1. The van der Waals surface area contributed by atoms with Crippen molar-refractivity contribution in [1.82, 2.24) is 0 Å². The topological polar surface area (TPSA) is 89.7 Å². The van der Waals surface area contributed by atoms with Crippen LogP contribution < -0.4 is 0 Å². The first kappa shape index (κ1) is 15.7. The van der Waals surface area contributed by atoms with E-state index in [1.165, 1.54) is 12.1 Å². The number of aliphatic hydroxyl groups excluding tert-OH is 1. The van der Waals surface area contributed by atoms with E-state index in [0.717, 1.165) is 6.07 Å². The first-order valence-corrected chi connectivity index (χ1v) is 6.73. The van der Waals surface area contributed by atoms with Crippen molar-refractivity contribution in [1.29, 1.82) is 0 Å². The first-order valence-electron chi connectivity index (χ1n) is 6.73. The number of esters is 1. The fourth-order valence-corrected chi connectivity index (χ4v) is 2.09. The monoisotopic (exact) mass is 301 g/mol. The van der Waals surface area contributed by atoms with E-state index in [9.17, 15) is 20.0 Å². The van der Waals surface area contributed by atoms with Gasteiger partial charge in [0.2, 0.25) is 0 Å². The van der Waals surface area contributed by atoms with Gasteiger partial charge >= 0.3 is 5.97 Å². The molecule has 1 unspecified atom stereocenters. The Bertz CT molecular complexity index is 684. The van der Waals surface area contributed by atoms with E-state index in [2.05, 4.69) is 0 Å². The van der Waals surface area contributed by atoms with Gasteiger partial charge in [-0.05, 0) is 24.6 Å². The minimum atomic E-state index is -1.14. The lowest BCUT2D eigenvalue weighted by molar-refractivity contribution is -0.386. The van der Waals surface area contributed by atoms with Gasteiger partial charge < -0.3 is 9.84 Å². The summed E-state index contributed by atoms with van der Waals surface area (Å²) < 4.78 is 4.82. The SMILES string of the molecule is CCOC(=O)c1ccc(C(O)c2ccccc2)c([N+](=O)[O-])c1. The van der Waals surface area contributed by atoms with E-state index >= 15 is 0 Å². The Morgan fingerprint density at radius 3 is 2.55 bits per heavy atom. The summed E-state index contributed by atoms with van der Waals surface area (Å²) >= 11 is 0. The van der Waals surface area contributed by atoms with Crippen molar-refractivity contribution in [3.05, 3.63) is 75.3 Å². The summed E-state index contributed by atoms with van der Waals surface area (Å²) in [5.41, 5.74) is 0.429. The molecule has 0 aliphatic rings. The fraction of sp³-hybridized carbons (Fsp3) is 0.188. The standard InChI is InChI=1S/C16H15NO5/c1-2-22-16(19)12-8-9-13(14(10-12)17(20)21)15(18)11-6-4-3-5-7-11/h3-10,15,18H,2H2,1H3. The smallest absolute Gasteiger partial charge is 0.338 e. The van der Waals surface area contributed by atoms with E-state index in [-0.39, 0.29) is 23.4 Å². The number of nitro groups is 1. The Morgan fingerprint density at radius 1 is 1.27 bits per heavy atom. The Hall–Kier alpha value is -2.73. The van der Waals surface area contributed by atoms with Crippen molar-refractivity contribution < 1.29 is 19.6 Å². The molecule has 0 heterocycles. The minimum Gasteiger partial charge on any atom is -0.462 e. The van der Waals surface area contributed by atoms with Gasteiger partial charge in [0.25, 0.3) is 5.69 Å². The molecule has 1 N–H and O–H groups in total. The lowest BCUT2D eigenvalue weighted by atomic mass is 9.98. The van der Waals surface area contributed by atoms with Crippen LogP contribution in [0.3, 0.4) is 0 Å². The van der Waals surface area contributed by atoms with Crippen molar-refractivity contribution in [2.75, 3.05) is 6.61 Å². The summed E-state index contributed by atoms with van der Waals surface area (Å²) in [5.74, 6) is -0.633. The lowest BCUT2D eigenvalue weighted by Gasteiger charge is -2.12. The normalized spacial score (nSPS) is 11.7. The van der Waals surface area contributed by atoms with Gasteiger partial charge in [0.1, 0.15) is 6.10 Å². The van der Waals surface area contributed by atoms with E-state index in [1.54, 1.807) is 37.3 Å². The molecule has 0 amide bonds. The number of nitrogens with zero attached hydrogens (tertiary/aromatic N) is 1. The van der Waals surface area contributed by atoms with Gasteiger partial charge in [-0.3, -0.25) is 10.1 Å². The molecule has 0 aliphatic carbocycles. The van der Waals surface area contributed by atoms with E-state index < -0.39 is 17.0 Å². The zero-order chi connectivity index (χ0) is 16.1. The number of nitro benzene ring substituents is 1. The van der Waals surface area contributed by atoms with Gasteiger partial charge in [0.05, 0.1) is 22.7 Å². The maximum atomic E-state index is 11.7. The average Bonchev–Trinajstić information content (AvgIpc) is 2.54. The summed E-state index contributed by atoms with van der Waals surface area (Å²) in [6, 6.07) is 12.5. The number of carbonyl (C=O) groups is 1. The van der Waals surface area contributed by atoms with Crippen molar-refractivity contribution in [2.24, 2.45) is 0 Å². The minimum absolute atomic E-state index is 0.0811. The molecule has 0 fully saturated rings. The third-order valence-corrected chi connectivity index (χ3v) is 3.15. The van der Waals surface area contributed by atoms with Crippen LogP contribution in [0.1, 0.15) is 34.5 Å². The summed E-state index contributed by atoms with van der Waals surface area (Å²) in [7, 11) is 0. The predicted octanol–water partition coefficient (Wildman–Crippen LogP) is 2.85. The van der Waals surface area contributed by atoms with Crippen LogP contribution in [0.5, 0.6) is 0 Å². The molecule has 2 aromatic carbocycles. The number of aliphatic hydroxyl groups is 1. The molecule has 22 heavy (non-hydrogen) atoms. The molecular formula is C16H15NO5. The van der Waals surface area contributed by atoms with Gasteiger partial charge in [0.15, 0.2) is 0 Å². The number of ether oxygens (including phenoxy) is 1. The molecule has 0 saturated heterocycles. The van der Waals surface area contributed by atoms with Crippen molar-refractivity contribution >= 4 is 11.7 Å². The first-order chi connectivity index (χ1) is 10.5. The van der Waals surface area contributed by atoms with Gasteiger partial charge in [0, 0.05) is 6.07 Å². The molecular weight excluding hydrogens is 286 g/mol. The molecule has 0 aliphatic heterocycles. The third kappa shape index (κ3) is 3.29. The molecule has 6 nitrogen and oxygen atoms in total. The maximum absolute atomic E-state index is 11.7. The van der Waals surface area contributed by atoms with Crippen LogP contribution in [0.25, 0.3) is 0 Å². The van der Waals surface area contributed by atoms with Crippen LogP contribution in [0.15, 0.2) is 48.5 Å². The molecule has 0 spiro atoms. The number of hydrogen-bond donors (Lipinski definition) is 1. The third-order valence-electron chi connectivity index (χ3n) is 3.15. The zero-order valence-corrected chi connectivity index (χ0v) is 11.9. The highest BCUT2D eigenvalue weighted by Crippen LogP contribution is 2.30. The quantitative estimate of drug-likeness (QED) is 0.521. The fourth-order valence-electron chi connectivity index (χ4n) is 2.09. The van der Waals surface area contributed by atoms with Crippen molar-refractivity contribution in [3.8, 4) is 0 Å². The molecule has 2 rings (SSSR count). The second-order valence-corrected chi connectivity index (χ2v) is 4.56. The van der Waals surface area contributed by atoms with Crippen LogP contribution in [0.4, 0.5) is 5.69 Å². The maximum Gasteiger partial charge on any atom is 0.338 e. The summed E-state index contributed by atoms with van der Waals surface area (Å²) in [6.07, 6.45) is -1.14. The molecule has 1 atom stereocenters. The van der Waals surface area contributed by atoms with Crippen LogP contribution in [-0.4, -0.2) is 22.6 Å². The molecule has 0 aromatic heterocycles. The highest BCUT2D eigenvalue weighted by atomic mass is 16.6. The van der Waals surface area contributed by atoms with E-state index in [0.29, 0.717) is 5.56 Å². The summed E-state index contributed by atoms with van der Waals surface area (Å²) in [6.45, 7) is 1.83. The van der Waals surface area contributed by atoms with Gasteiger partial charge in [-0.25, -0.2) is 4.79 Å². The zero-order valence-electron chi connectivity index (χ0n) is 11.9. The summed E-state index contributed by atoms with van der Waals surface area (Å²) in [5, 5.41) is 21.6. The average molecular weight is 301 g/mol. The number of rotatable bonds is 5. The number of hydrogen-bond acceptors (Lipinski definition) is 5. The van der Waals surface area contributed by atoms with E-state index in [1.807, 2.05) is 0 Å². The van der Waals surface area contributed by atoms with Gasteiger partial charge in [-0.1, -0.05) is 30.3 Å². The molecule has 0 saturated carbocycles. The Kier molecular flexibility index (Phi) is 4.85. The van der Waals surface area contributed by atoms with Crippen molar-refractivity contribution in [2.45, 2.75) is 13.0 Å². The largest absolute Gasteiger partial charge is 0.462 e. The van der Waals surface area contributed by atoms with Gasteiger partial charge in [-0.15, -0.1) is 0 Å². The molecule has 0 bridgehead atoms. The Labute approximate surface area is 127 Å². The van der Waals surface area contributed by atoms with Crippen LogP contribution in [-0.2, 0) is 4.74 Å².